The van der Waals surface area contributed by atoms with Gasteiger partial charge in [-0.05, 0) is 56.0 Å². The summed E-state index contributed by atoms with van der Waals surface area (Å²) in [6, 6.07) is 7.24. The topological polar surface area (TPSA) is 88.5 Å². The molecule has 7 nitrogen and oxygen atoms in total. The van der Waals surface area contributed by atoms with Crippen LogP contribution in [-0.2, 0) is 24.2 Å². The van der Waals surface area contributed by atoms with Crippen molar-refractivity contribution < 1.29 is 14.4 Å². The molecule has 152 valence electrons. The van der Waals surface area contributed by atoms with Crippen LogP contribution >= 0.6 is 11.3 Å². The first kappa shape index (κ1) is 19.6. The van der Waals surface area contributed by atoms with E-state index in [1.807, 2.05) is 31.2 Å². The summed E-state index contributed by atoms with van der Waals surface area (Å²) in [6.07, 6.45) is 3.13. The number of thiophene rings is 1. The smallest absolute Gasteiger partial charge is 0.279 e. The molecule has 1 aliphatic carbocycles. The maximum Gasteiger partial charge on any atom is 0.279 e. The molecule has 8 heteroatoms. The second-order valence-corrected chi connectivity index (χ2v) is 8.37. The van der Waals surface area contributed by atoms with Crippen LogP contribution in [0.15, 0.2) is 29.1 Å². The minimum absolute atomic E-state index is 0.0532. The Morgan fingerprint density at radius 3 is 2.83 bits per heavy atom. The summed E-state index contributed by atoms with van der Waals surface area (Å²) in [5, 5.41) is 3.67. The number of aromatic nitrogens is 2. The number of methoxy groups -OCH3 is 1. The fourth-order valence-electron chi connectivity index (χ4n) is 3.79. The van der Waals surface area contributed by atoms with Crippen molar-refractivity contribution in [2.24, 2.45) is 0 Å². The largest absolute Gasteiger partial charge is 0.497 e. The van der Waals surface area contributed by atoms with Crippen LogP contribution in [0.2, 0.25) is 0 Å². The quantitative estimate of drug-likeness (QED) is 0.548. The Hall–Kier alpha value is -2.71. The Morgan fingerprint density at radius 1 is 1.31 bits per heavy atom. The molecule has 1 aliphatic rings. The minimum Gasteiger partial charge on any atom is -0.497 e. The highest BCUT2D eigenvalue weighted by Crippen LogP contribution is 2.34. The maximum absolute atomic E-state index is 12.6. The fourth-order valence-corrected chi connectivity index (χ4v) is 5.07. The number of nitrogens with one attached hydrogen (secondary N) is 3. The van der Waals surface area contributed by atoms with Crippen LogP contribution in [0, 0.1) is 0 Å². The van der Waals surface area contributed by atoms with Gasteiger partial charge in [0.25, 0.3) is 11.5 Å². The van der Waals surface area contributed by atoms with Gasteiger partial charge >= 0.3 is 0 Å². The Kier molecular flexibility index (Phi) is 5.64. The third-order valence-electron chi connectivity index (χ3n) is 5.33. The molecule has 2 aromatic heterocycles. The second-order valence-electron chi connectivity index (χ2n) is 7.28. The third-order valence-corrected chi connectivity index (χ3v) is 6.51. The third kappa shape index (κ3) is 4.18. The Morgan fingerprint density at radius 2 is 2.10 bits per heavy atom. The summed E-state index contributed by atoms with van der Waals surface area (Å²) in [7, 11) is 1.61. The van der Waals surface area contributed by atoms with Gasteiger partial charge in [-0.15, -0.1) is 11.3 Å². The number of carbonyl (C=O) groups excluding carboxylic acids is 1. The van der Waals surface area contributed by atoms with Gasteiger partial charge in [-0.2, -0.15) is 0 Å². The van der Waals surface area contributed by atoms with E-state index in [1.54, 1.807) is 18.4 Å². The van der Waals surface area contributed by atoms with Gasteiger partial charge in [0, 0.05) is 10.6 Å². The molecule has 2 heterocycles. The number of hydrogen-bond acceptors (Lipinski definition) is 5. The summed E-state index contributed by atoms with van der Waals surface area (Å²) >= 11 is 1.64. The van der Waals surface area contributed by atoms with E-state index in [9.17, 15) is 9.59 Å². The molecule has 1 unspecified atom stereocenters. The number of nitrogens with zero attached hydrogens (tertiary/aromatic N) is 1. The van der Waals surface area contributed by atoms with Crippen LogP contribution in [0.25, 0.3) is 10.2 Å². The van der Waals surface area contributed by atoms with Crippen LogP contribution in [0.4, 0.5) is 5.69 Å². The Labute approximate surface area is 172 Å². The number of aromatic amines is 1. The summed E-state index contributed by atoms with van der Waals surface area (Å²) < 4.78 is 5.13. The molecule has 0 radical (unpaired) electrons. The zero-order valence-corrected chi connectivity index (χ0v) is 17.4. The zero-order valence-electron chi connectivity index (χ0n) is 16.6. The highest BCUT2D eigenvalue weighted by Gasteiger charge is 2.22. The number of H-pyrrole nitrogens is 1. The summed E-state index contributed by atoms with van der Waals surface area (Å²) in [5.41, 5.74) is 1.86. The van der Waals surface area contributed by atoms with Gasteiger partial charge in [0.1, 0.15) is 17.1 Å². The highest BCUT2D eigenvalue weighted by atomic mass is 32.1. The maximum atomic E-state index is 12.6. The Bertz CT molecular complexity index is 1090. The molecule has 0 bridgehead atoms. The van der Waals surface area contributed by atoms with E-state index in [0.717, 1.165) is 52.4 Å². The van der Waals surface area contributed by atoms with Crippen LogP contribution < -0.4 is 20.5 Å². The molecule has 0 aliphatic heterocycles. The lowest BCUT2D eigenvalue weighted by Crippen LogP contribution is -3.11. The monoisotopic (exact) mass is 413 g/mol. The van der Waals surface area contributed by atoms with E-state index >= 15 is 0 Å². The number of quaternary nitrogens is 1. The number of rotatable bonds is 7. The molecule has 0 saturated heterocycles. The van der Waals surface area contributed by atoms with Crippen LogP contribution in [0.3, 0.4) is 0 Å². The molecule has 3 N–H and O–H groups in total. The zero-order chi connectivity index (χ0) is 20.4. The van der Waals surface area contributed by atoms with Gasteiger partial charge in [-0.3, -0.25) is 9.59 Å². The van der Waals surface area contributed by atoms with E-state index in [1.165, 1.54) is 10.4 Å². The van der Waals surface area contributed by atoms with Crippen molar-refractivity contribution in [1.82, 2.24) is 9.97 Å². The van der Waals surface area contributed by atoms with E-state index in [0.29, 0.717) is 18.9 Å². The number of aryl methyl sites for hydroxylation is 2. The second kappa shape index (κ2) is 8.34. The average molecular weight is 414 g/mol. The van der Waals surface area contributed by atoms with Crippen molar-refractivity contribution in [3.05, 3.63) is 50.9 Å². The normalized spacial score (nSPS) is 14.0. The first-order valence-electron chi connectivity index (χ1n) is 9.88. The molecular weight excluding hydrogens is 388 g/mol. The molecule has 1 amide bonds. The molecular formula is C21H25N4O3S+. The number of carbonyl (C=O) groups is 1. The molecule has 3 aromatic rings. The number of hydrogen-bond donors (Lipinski definition) is 3. The van der Waals surface area contributed by atoms with Crippen molar-refractivity contribution in [1.29, 1.82) is 0 Å². The van der Waals surface area contributed by atoms with E-state index in [4.69, 9.17) is 9.72 Å². The van der Waals surface area contributed by atoms with Crippen LogP contribution in [0.1, 0.15) is 29.6 Å². The predicted molar refractivity (Wildman–Crippen MR) is 114 cm³/mol. The van der Waals surface area contributed by atoms with E-state index < -0.39 is 0 Å². The molecule has 0 spiro atoms. The lowest BCUT2D eigenvalue weighted by molar-refractivity contribution is -0.904. The van der Waals surface area contributed by atoms with Gasteiger partial charge in [0.05, 0.1) is 19.0 Å². The van der Waals surface area contributed by atoms with E-state index in [2.05, 4.69) is 10.3 Å². The summed E-state index contributed by atoms with van der Waals surface area (Å²) in [6.45, 7) is 3.57. The lowest BCUT2D eigenvalue weighted by Gasteiger charge is -2.16. The molecule has 1 aromatic carbocycles. The van der Waals surface area contributed by atoms with Crippen molar-refractivity contribution in [2.75, 3.05) is 25.5 Å². The first-order chi connectivity index (χ1) is 14.1. The average Bonchev–Trinajstić information content (AvgIpc) is 3.28. The number of likely N-dealkylation sites (N-methyl/N-ethyl adjacent to an activating group) is 1. The van der Waals surface area contributed by atoms with Crippen molar-refractivity contribution in [2.45, 2.75) is 32.7 Å². The van der Waals surface area contributed by atoms with Gasteiger partial charge in [-0.25, -0.2) is 4.98 Å². The highest BCUT2D eigenvalue weighted by molar-refractivity contribution is 7.18. The fraction of sp³-hybridized carbons (Fsp3) is 0.381. The van der Waals surface area contributed by atoms with Crippen molar-refractivity contribution >= 4 is 33.1 Å². The summed E-state index contributed by atoms with van der Waals surface area (Å²) in [5.74, 6) is 1.30. The number of ether oxygens (including phenoxy) is 1. The molecule has 0 saturated carbocycles. The number of benzene rings is 1. The van der Waals surface area contributed by atoms with Crippen molar-refractivity contribution in [3.63, 3.8) is 0 Å². The number of anilines is 1. The molecule has 29 heavy (non-hydrogen) atoms. The van der Waals surface area contributed by atoms with E-state index in [-0.39, 0.29) is 11.5 Å². The Balaban J connectivity index is 1.44. The lowest BCUT2D eigenvalue weighted by atomic mass is 10.2. The van der Waals surface area contributed by atoms with Crippen molar-refractivity contribution in [3.8, 4) is 5.75 Å². The van der Waals surface area contributed by atoms with Crippen LogP contribution in [-0.4, -0.2) is 36.1 Å². The van der Waals surface area contributed by atoms with Gasteiger partial charge in [0.15, 0.2) is 12.4 Å². The number of fused-ring (bicyclic) bond motifs is 3. The van der Waals surface area contributed by atoms with Crippen LogP contribution in [0.5, 0.6) is 5.75 Å². The van der Waals surface area contributed by atoms with Gasteiger partial charge < -0.3 is 19.9 Å². The van der Waals surface area contributed by atoms with Gasteiger partial charge in [0.2, 0.25) is 0 Å². The minimum atomic E-state index is -0.0782. The predicted octanol–water partition coefficient (Wildman–Crippen LogP) is 1.53. The SMILES string of the molecule is CC[NH+](CC(=O)Nc1ccc(OC)cc1)Cc1nc2sc3c(c2c(=O)[nH]1)CCC3. The van der Waals surface area contributed by atoms with Gasteiger partial charge in [-0.1, -0.05) is 0 Å². The standard InChI is InChI=1S/C21H24N4O3S/c1-3-25(12-18(26)22-13-7-9-14(28-2)10-8-13)11-17-23-20(27)19-15-5-4-6-16(15)29-21(19)24-17/h7-10H,3-6,11-12H2,1-2H3,(H,22,26)(H,23,24,27)/p+1. The first-order valence-corrected chi connectivity index (χ1v) is 10.7. The summed E-state index contributed by atoms with van der Waals surface area (Å²) in [4.78, 5) is 35.9. The molecule has 1 atom stereocenters. The number of amides is 1. The molecule has 4 rings (SSSR count). The molecule has 0 fully saturated rings.